The number of hydrogen-bond acceptors (Lipinski definition) is 11. The maximum Gasteiger partial charge on any atom is 0.513 e. The lowest BCUT2D eigenvalue weighted by Gasteiger charge is -2.09. The predicted molar refractivity (Wildman–Crippen MR) is 111 cm³/mol. The van der Waals surface area contributed by atoms with Gasteiger partial charge in [-0.2, -0.15) is 0 Å². The molecule has 33 heavy (non-hydrogen) atoms. The van der Waals surface area contributed by atoms with Crippen molar-refractivity contribution in [1.82, 2.24) is 0 Å². The van der Waals surface area contributed by atoms with Gasteiger partial charge in [0.1, 0.15) is 13.2 Å². The summed E-state index contributed by atoms with van der Waals surface area (Å²) < 4.78 is 24.2. The number of carbonyl (C=O) groups is 2. The van der Waals surface area contributed by atoms with Gasteiger partial charge >= 0.3 is 12.3 Å². The molecular weight excluding hydrogens is 491 g/mol. The molecule has 176 valence electrons. The first-order valence-electron chi connectivity index (χ1n) is 8.82. The Labute approximate surface area is 194 Å². The molecule has 0 saturated heterocycles. The predicted octanol–water partition coefficient (Wildman–Crippen LogP) is 4.56. The van der Waals surface area contributed by atoms with Crippen LogP contribution in [0.1, 0.15) is 0 Å². The molecule has 2 aromatic carbocycles. The van der Waals surface area contributed by atoms with Crippen molar-refractivity contribution in [3.05, 3.63) is 66.7 Å². The van der Waals surface area contributed by atoms with Crippen LogP contribution in [-0.4, -0.2) is 48.6 Å². The van der Waals surface area contributed by atoms with Crippen LogP contribution < -0.4 is 9.47 Å². The van der Waals surface area contributed by atoms with Gasteiger partial charge in [0.05, 0.1) is 33.1 Å². The van der Waals surface area contributed by atoms with Gasteiger partial charge in [-0.25, -0.2) is 9.59 Å². The number of nitro benzene ring substituents is 2. The molecule has 15 heteroatoms. The molecule has 2 rings (SSSR count). The fourth-order valence-corrected chi connectivity index (χ4v) is 2.51. The van der Waals surface area contributed by atoms with Gasteiger partial charge in [-0.3, -0.25) is 20.2 Å². The maximum atomic E-state index is 11.6. The van der Waals surface area contributed by atoms with Gasteiger partial charge in [0.15, 0.2) is 11.5 Å². The summed E-state index contributed by atoms with van der Waals surface area (Å²) in [5, 5.41) is 21.0. The summed E-state index contributed by atoms with van der Waals surface area (Å²) in [5.41, 5.74) is -0.535. The first-order chi connectivity index (χ1) is 15.7. The van der Waals surface area contributed by atoms with Crippen molar-refractivity contribution in [3.63, 3.8) is 0 Å². The molecule has 0 unspecified atom stereocenters. The van der Waals surface area contributed by atoms with Crippen LogP contribution in [0, 0.1) is 20.2 Å². The zero-order chi connectivity index (χ0) is 24.4. The zero-order valence-electron chi connectivity index (χ0n) is 16.4. The molecule has 0 spiro atoms. The Bertz CT molecular complexity index is 967. The quantitative estimate of drug-likeness (QED) is 0.146. The maximum absolute atomic E-state index is 11.6. The van der Waals surface area contributed by atoms with Crippen molar-refractivity contribution in [2.24, 2.45) is 0 Å². The van der Waals surface area contributed by atoms with Crippen LogP contribution in [0.4, 0.5) is 21.0 Å². The molecule has 0 aliphatic heterocycles. The van der Waals surface area contributed by atoms with Gasteiger partial charge in [0.2, 0.25) is 0 Å². The Morgan fingerprint density at radius 2 is 1.12 bits per heavy atom. The SMILES string of the molecule is O=C(OCCOCCOC(=O)Oc1ccc([N+](=O)[O-])cc1Cl)Oc1ccc([N+](=O)[O-])cc1Cl. The number of nitro groups is 2. The minimum absolute atomic E-state index is 0.0598. The van der Waals surface area contributed by atoms with Crippen LogP contribution in [-0.2, 0) is 14.2 Å². The second-order valence-corrected chi connectivity index (χ2v) is 6.57. The van der Waals surface area contributed by atoms with Gasteiger partial charge in [-0.15, -0.1) is 0 Å². The molecular formula is C18H14Cl2N2O11. The molecule has 0 amide bonds. The molecule has 2 aromatic rings. The lowest BCUT2D eigenvalue weighted by atomic mass is 10.3. The van der Waals surface area contributed by atoms with Crippen molar-refractivity contribution in [2.45, 2.75) is 0 Å². The Hall–Kier alpha value is -3.68. The van der Waals surface area contributed by atoms with Crippen molar-refractivity contribution in [1.29, 1.82) is 0 Å². The van der Waals surface area contributed by atoms with Crippen LogP contribution in [0.15, 0.2) is 36.4 Å². The van der Waals surface area contributed by atoms with E-state index in [2.05, 4.69) is 0 Å². The second kappa shape index (κ2) is 12.4. The van der Waals surface area contributed by atoms with E-state index in [1.54, 1.807) is 0 Å². The third-order valence-corrected chi connectivity index (χ3v) is 4.13. The zero-order valence-corrected chi connectivity index (χ0v) is 17.9. The molecule has 0 saturated carbocycles. The first kappa shape index (κ1) is 25.6. The molecule has 13 nitrogen and oxygen atoms in total. The van der Waals surface area contributed by atoms with E-state index in [1.807, 2.05) is 0 Å². The summed E-state index contributed by atoms with van der Waals surface area (Å²) in [6.07, 6.45) is -2.21. The van der Waals surface area contributed by atoms with Crippen molar-refractivity contribution in [2.75, 3.05) is 26.4 Å². The third-order valence-electron chi connectivity index (χ3n) is 3.53. The fourth-order valence-electron chi connectivity index (χ4n) is 2.08. The summed E-state index contributed by atoms with van der Waals surface area (Å²) in [5.74, 6) is -0.235. The largest absolute Gasteiger partial charge is 0.513 e. The highest BCUT2D eigenvalue weighted by Gasteiger charge is 2.15. The Kier molecular flexibility index (Phi) is 9.60. The van der Waals surface area contributed by atoms with Crippen LogP contribution >= 0.6 is 23.2 Å². The van der Waals surface area contributed by atoms with Gasteiger partial charge in [0.25, 0.3) is 11.4 Å². The number of ether oxygens (including phenoxy) is 5. The van der Waals surface area contributed by atoms with Crippen LogP contribution in [0.2, 0.25) is 10.0 Å². The van der Waals surface area contributed by atoms with E-state index >= 15 is 0 Å². The normalized spacial score (nSPS) is 10.2. The summed E-state index contributed by atoms with van der Waals surface area (Å²) in [7, 11) is 0. The van der Waals surface area contributed by atoms with Gasteiger partial charge in [-0.1, -0.05) is 23.2 Å². The molecule has 0 fully saturated rings. The van der Waals surface area contributed by atoms with E-state index in [-0.39, 0.29) is 59.3 Å². The average molecular weight is 505 g/mol. The van der Waals surface area contributed by atoms with Gasteiger partial charge < -0.3 is 23.7 Å². The first-order valence-corrected chi connectivity index (χ1v) is 9.58. The number of benzene rings is 2. The summed E-state index contributed by atoms with van der Waals surface area (Å²) >= 11 is 11.6. The van der Waals surface area contributed by atoms with E-state index in [4.69, 9.17) is 46.9 Å². The molecule has 0 aliphatic carbocycles. The lowest BCUT2D eigenvalue weighted by Crippen LogP contribution is -2.17. The number of rotatable bonds is 10. The second-order valence-electron chi connectivity index (χ2n) is 5.76. The van der Waals surface area contributed by atoms with Crippen molar-refractivity contribution < 1.29 is 43.1 Å². The molecule has 0 aromatic heterocycles. The van der Waals surface area contributed by atoms with Crippen LogP contribution in [0.3, 0.4) is 0 Å². The summed E-state index contributed by atoms with van der Waals surface area (Å²) in [6, 6.07) is 6.56. The van der Waals surface area contributed by atoms with Crippen LogP contribution in [0.25, 0.3) is 0 Å². The molecule has 0 bridgehead atoms. The third kappa shape index (κ3) is 8.40. The summed E-state index contributed by atoms with van der Waals surface area (Å²) in [4.78, 5) is 43.2. The highest BCUT2D eigenvalue weighted by Crippen LogP contribution is 2.29. The monoisotopic (exact) mass is 504 g/mol. The van der Waals surface area contributed by atoms with E-state index in [0.29, 0.717) is 0 Å². The van der Waals surface area contributed by atoms with Gasteiger partial charge in [0, 0.05) is 24.3 Å². The minimum Gasteiger partial charge on any atom is -0.432 e. The topological polar surface area (TPSA) is 167 Å². The highest BCUT2D eigenvalue weighted by atomic mass is 35.5. The lowest BCUT2D eigenvalue weighted by molar-refractivity contribution is -0.385. The number of halogens is 2. The molecule has 0 N–H and O–H groups in total. The van der Waals surface area contributed by atoms with Crippen molar-refractivity contribution in [3.8, 4) is 11.5 Å². The number of hydrogen-bond donors (Lipinski definition) is 0. The number of non-ortho nitro benzene ring substituents is 2. The molecule has 0 atom stereocenters. The molecule has 0 aliphatic rings. The van der Waals surface area contributed by atoms with E-state index in [0.717, 1.165) is 36.4 Å². The van der Waals surface area contributed by atoms with Gasteiger partial charge in [-0.05, 0) is 12.1 Å². The van der Waals surface area contributed by atoms with E-state index in [1.165, 1.54) is 0 Å². The number of nitrogens with zero attached hydrogens (tertiary/aromatic N) is 2. The summed E-state index contributed by atoms with van der Waals surface area (Å²) in [6.45, 7) is -0.524. The Morgan fingerprint density at radius 3 is 1.45 bits per heavy atom. The van der Waals surface area contributed by atoms with Crippen molar-refractivity contribution >= 4 is 46.9 Å². The Morgan fingerprint density at radius 1 is 0.727 bits per heavy atom. The standard InChI is InChI=1S/C18H14Cl2N2O11/c19-13-9-11(21(25)26)1-3-15(13)32-17(23)30-7-5-29-6-8-31-18(24)33-16-4-2-12(22(27)28)10-14(16)20/h1-4,9-10H,5-8H2. The average Bonchev–Trinajstić information content (AvgIpc) is 2.75. The van der Waals surface area contributed by atoms with Crippen LogP contribution in [0.5, 0.6) is 11.5 Å². The highest BCUT2D eigenvalue weighted by molar-refractivity contribution is 6.32. The minimum atomic E-state index is -1.10. The molecule has 0 radical (unpaired) electrons. The molecule has 0 heterocycles. The fraction of sp³-hybridized carbons (Fsp3) is 0.222. The van der Waals surface area contributed by atoms with E-state index in [9.17, 15) is 29.8 Å². The van der Waals surface area contributed by atoms with E-state index < -0.39 is 22.2 Å². The Balaban J connectivity index is 1.60. The smallest absolute Gasteiger partial charge is 0.432 e. The number of carbonyl (C=O) groups excluding carboxylic acids is 2.